The number of carbonyl (C=O) groups is 1. The van der Waals surface area contributed by atoms with Crippen LogP contribution in [0.15, 0.2) is 0 Å². The summed E-state index contributed by atoms with van der Waals surface area (Å²) in [5.74, 6) is 0.0681. The molecule has 2 saturated carbocycles. The van der Waals surface area contributed by atoms with E-state index < -0.39 is 5.97 Å². The first-order valence-electron chi connectivity index (χ1n) is 7.14. The summed E-state index contributed by atoms with van der Waals surface area (Å²) in [5.41, 5.74) is 0.587. The molecule has 1 aliphatic heterocycles. The largest absolute Gasteiger partial charge is 0.481 e. The zero-order valence-electron chi connectivity index (χ0n) is 10.5. The van der Waals surface area contributed by atoms with E-state index in [1.165, 1.54) is 58.0 Å². The smallest absolute Gasteiger partial charge is 0.304 e. The van der Waals surface area contributed by atoms with Gasteiger partial charge in [-0.05, 0) is 37.0 Å². The predicted octanol–water partition coefficient (Wildman–Crippen LogP) is 2.51. The molecule has 1 atom stereocenters. The molecule has 0 amide bonds. The van der Waals surface area contributed by atoms with Crippen molar-refractivity contribution in [3.63, 3.8) is 0 Å². The fourth-order valence-electron chi connectivity index (χ4n) is 3.92. The van der Waals surface area contributed by atoms with Crippen LogP contribution in [0.1, 0.15) is 51.4 Å². The molecule has 3 aliphatic rings. The second-order valence-corrected chi connectivity index (χ2v) is 6.47. The van der Waals surface area contributed by atoms with Gasteiger partial charge in [-0.25, -0.2) is 0 Å². The zero-order chi connectivity index (χ0) is 11.9. The quantitative estimate of drug-likeness (QED) is 0.816. The average Bonchev–Trinajstić information content (AvgIpc) is 3.07. The lowest BCUT2D eigenvalue weighted by Gasteiger charge is -2.55. The van der Waals surface area contributed by atoms with Gasteiger partial charge in [0.15, 0.2) is 0 Å². The van der Waals surface area contributed by atoms with E-state index in [4.69, 9.17) is 5.11 Å². The van der Waals surface area contributed by atoms with Crippen molar-refractivity contribution in [1.29, 1.82) is 0 Å². The third kappa shape index (κ3) is 2.35. The molecule has 0 bridgehead atoms. The molecule has 96 valence electrons. The van der Waals surface area contributed by atoms with Crippen LogP contribution < -0.4 is 0 Å². The van der Waals surface area contributed by atoms with E-state index in [2.05, 4.69) is 4.90 Å². The molecular formula is C14H23NO2. The molecule has 1 unspecified atom stereocenters. The van der Waals surface area contributed by atoms with E-state index in [0.29, 0.717) is 23.8 Å². The Morgan fingerprint density at radius 2 is 1.88 bits per heavy atom. The SMILES string of the molecule is O=C(O)CC(C1CC1)N1CC2(CCCCC2)C1. The molecule has 1 spiro atoms. The van der Waals surface area contributed by atoms with Gasteiger partial charge in [0.2, 0.25) is 0 Å². The normalized spacial score (nSPS) is 29.9. The maximum atomic E-state index is 10.9. The van der Waals surface area contributed by atoms with Crippen molar-refractivity contribution in [2.24, 2.45) is 11.3 Å². The highest BCUT2D eigenvalue weighted by atomic mass is 16.4. The Balaban J connectivity index is 1.56. The Bertz CT molecular complexity index is 297. The van der Waals surface area contributed by atoms with Gasteiger partial charge in [0.05, 0.1) is 6.42 Å². The van der Waals surface area contributed by atoms with Gasteiger partial charge >= 0.3 is 5.97 Å². The Kier molecular flexibility index (Phi) is 2.89. The standard InChI is InChI=1S/C14H23NO2/c16-13(17)8-12(11-4-5-11)15-9-14(10-15)6-2-1-3-7-14/h11-12H,1-10H2,(H,16,17). The lowest BCUT2D eigenvalue weighted by atomic mass is 9.68. The molecule has 3 nitrogen and oxygen atoms in total. The van der Waals surface area contributed by atoms with E-state index in [9.17, 15) is 4.79 Å². The van der Waals surface area contributed by atoms with Gasteiger partial charge in [-0.15, -0.1) is 0 Å². The first-order chi connectivity index (χ1) is 8.19. The molecule has 1 N–H and O–H groups in total. The summed E-state index contributed by atoms with van der Waals surface area (Å²) in [6.07, 6.45) is 9.82. The first kappa shape index (κ1) is 11.5. The summed E-state index contributed by atoms with van der Waals surface area (Å²) in [6, 6.07) is 0.347. The molecule has 3 rings (SSSR count). The minimum absolute atomic E-state index is 0.347. The van der Waals surface area contributed by atoms with E-state index >= 15 is 0 Å². The number of aliphatic carboxylic acids is 1. The lowest BCUT2D eigenvalue weighted by Crippen LogP contribution is -2.61. The molecule has 0 aromatic heterocycles. The van der Waals surface area contributed by atoms with Gasteiger partial charge in [0.1, 0.15) is 0 Å². The van der Waals surface area contributed by atoms with Crippen LogP contribution >= 0.6 is 0 Å². The summed E-state index contributed by atoms with van der Waals surface area (Å²) in [5, 5.41) is 9.00. The molecule has 0 aromatic rings. The van der Waals surface area contributed by atoms with Gasteiger partial charge in [-0.1, -0.05) is 19.3 Å². The number of hydrogen-bond donors (Lipinski definition) is 1. The lowest BCUT2D eigenvalue weighted by molar-refractivity contribution is -0.141. The van der Waals surface area contributed by atoms with Gasteiger partial charge in [-0.3, -0.25) is 9.69 Å². The maximum Gasteiger partial charge on any atom is 0.304 e. The van der Waals surface area contributed by atoms with Crippen LogP contribution in [0.2, 0.25) is 0 Å². The van der Waals surface area contributed by atoms with E-state index in [1.54, 1.807) is 0 Å². The number of carboxylic acid groups (broad SMARTS) is 1. The summed E-state index contributed by atoms with van der Waals surface area (Å²) in [4.78, 5) is 13.4. The first-order valence-corrected chi connectivity index (χ1v) is 7.14. The fourth-order valence-corrected chi connectivity index (χ4v) is 3.92. The van der Waals surface area contributed by atoms with Crippen LogP contribution in [0.4, 0.5) is 0 Å². The fraction of sp³-hybridized carbons (Fsp3) is 0.929. The van der Waals surface area contributed by atoms with Crippen LogP contribution in [-0.2, 0) is 4.79 Å². The summed E-state index contributed by atoms with van der Waals surface area (Å²) < 4.78 is 0. The van der Waals surface area contributed by atoms with Crippen molar-refractivity contribution >= 4 is 5.97 Å². The predicted molar refractivity (Wildman–Crippen MR) is 65.9 cm³/mol. The molecule has 1 saturated heterocycles. The number of nitrogens with zero attached hydrogens (tertiary/aromatic N) is 1. The molecule has 0 radical (unpaired) electrons. The molecule has 3 fully saturated rings. The maximum absolute atomic E-state index is 10.9. The highest BCUT2D eigenvalue weighted by Crippen LogP contribution is 2.48. The van der Waals surface area contributed by atoms with Crippen molar-refractivity contribution < 1.29 is 9.90 Å². The van der Waals surface area contributed by atoms with Crippen molar-refractivity contribution in [3.05, 3.63) is 0 Å². The third-order valence-corrected chi connectivity index (χ3v) is 5.01. The Morgan fingerprint density at radius 3 is 2.41 bits per heavy atom. The van der Waals surface area contributed by atoms with E-state index in [1.807, 2.05) is 0 Å². The van der Waals surface area contributed by atoms with Crippen molar-refractivity contribution in [2.75, 3.05) is 13.1 Å². The highest BCUT2D eigenvalue weighted by Gasteiger charge is 2.49. The van der Waals surface area contributed by atoms with Gasteiger partial charge < -0.3 is 5.11 Å². The van der Waals surface area contributed by atoms with E-state index in [0.717, 1.165) is 0 Å². The number of rotatable bonds is 4. The van der Waals surface area contributed by atoms with Crippen LogP contribution in [-0.4, -0.2) is 35.1 Å². The Labute approximate surface area is 103 Å². The van der Waals surface area contributed by atoms with Crippen LogP contribution in [0.25, 0.3) is 0 Å². The molecule has 2 aliphatic carbocycles. The Morgan fingerprint density at radius 1 is 1.24 bits per heavy atom. The topological polar surface area (TPSA) is 40.5 Å². The van der Waals surface area contributed by atoms with Crippen LogP contribution in [0.3, 0.4) is 0 Å². The molecule has 0 aromatic carbocycles. The molecule has 3 heteroatoms. The monoisotopic (exact) mass is 237 g/mol. The minimum atomic E-state index is -0.619. The van der Waals surface area contributed by atoms with Crippen LogP contribution in [0.5, 0.6) is 0 Å². The zero-order valence-corrected chi connectivity index (χ0v) is 10.5. The summed E-state index contributed by atoms with van der Waals surface area (Å²) >= 11 is 0. The third-order valence-electron chi connectivity index (χ3n) is 5.01. The van der Waals surface area contributed by atoms with Crippen molar-refractivity contribution in [1.82, 2.24) is 4.90 Å². The molecular weight excluding hydrogens is 214 g/mol. The van der Waals surface area contributed by atoms with Gasteiger partial charge in [0, 0.05) is 19.1 Å². The number of likely N-dealkylation sites (tertiary alicyclic amines) is 1. The number of carboxylic acids is 1. The summed E-state index contributed by atoms with van der Waals surface area (Å²) in [6.45, 7) is 2.36. The minimum Gasteiger partial charge on any atom is -0.481 e. The van der Waals surface area contributed by atoms with Crippen molar-refractivity contribution in [3.8, 4) is 0 Å². The second kappa shape index (κ2) is 4.27. The number of hydrogen-bond acceptors (Lipinski definition) is 2. The highest BCUT2D eigenvalue weighted by molar-refractivity contribution is 5.67. The van der Waals surface area contributed by atoms with Gasteiger partial charge in [-0.2, -0.15) is 0 Å². The Hall–Kier alpha value is -0.570. The second-order valence-electron chi connectivity index (χ2n) is 6.47. The molecule has 1 heterocycles. The average molecular weight is 237 g/mol. The molecule has 17 heavy (non-hydrogen) atoms. The summed E-state index contributed by atoms with van der Waals surface area (Å²) in [7, 11) is 0. The van der Waals surface area contributed by atoms with Gasteiger partial charge in [0.25, 0.3) is 0 Å². The van der Waals surface area contributed by atoms with Crippen LogP contribution in [0, 0.1) is 11.3 Å². The van der Waals surface area contributed by atoms with E-state index in [-0.39, 0.29) is 0 Å². The van der Waals surface area contributed by atoms with Crippen molar-refractivity contribution in [2.45, 2.75) is 57.4 Å².